The van der Waals surface area contributed by atoms with Crippen molar-refractivity contribution in [3.05, 3.63) is 70.3 Å². The van der Waals surface area contributed by atoms with E-state index in [0.29, 0.717) is 15.7 Å². The third kappa shape index (κ3) is 3.53. The van der Waals surface area contributed by atoms with Gasteiger partial charge >= 0.3 is 0 Å². The first kappa shape index (κ1) is 18.6. The number of hydrogen-bond donors (Lipinski definition) is 1. The summed E-state index contributed by atoms with van der Waals surface area (Å²) in [6.07, 6.45) is 2.17. The third-order valence-electron chi connectivity index (χ3n) is 4.47. The Balaban J connectivity index is 1.94. The molecule has 0 aliphatic carbocycles. The number of nitrogens with zero attached hydrogens (tertiary/aromatic N) is 1. The quantitative estimate of drug-likeness (QED) is 0.671. The smallest absolute Gasteiger partial charge is 0.257 e. The molecule has 1 N–H and O–H groups in total. The van der Waals surface area contributed by atoms with Crippen LogP contribution in [0, 0.1) is 6.92 Å². The van der Waals surface area contributed by atoms with E-state index in [9.17, 15) is 4.79 Å². The molecule has 0 unspecified atom stereocenters. The maximum absolute atomic E-state index is 12.6. The standard InChI is InChI=1S/C21H21ClN2OS/c1-13-8-9-18-17(10-13)14(2)12-21(3,4)24(18)20(26)23-19(25)15-6-5-7-16(22)11-15/h5-12H,1-4H3,(H,23,25,26). The number of anilines is 1. The van der Waals surface area contributed by atoms with Crippen LogP contribution in [0.4, 0.5) is 5.69 Å². The first-order valence-electron chi connectivity index (χ1n) is 8.40. The Morgan fingerprint density at radius 1 is 1.15 bits per heavy atom. The Morgan fingerprint density at radius 2 is 1.88 bits per heavy atom. The fourth-order valence-corrected chi connectivity index (χ4v) is 3.99. The molecule has 1 amide bonds. The number of nitrogens with one attached hydrogen (secondary N) is 1. The van der Waals surface area contributed by atoms with E-state index in [4.69, 9.17) is 23.8 Å². The fourth-order valence-electron chi connectivity index (χ4n) is 3.37. The number of benzene rings is 2. The molecule has 0 saturated heterocycles. The number of fused-ring (bicyclic) bond motifs is 1. The SMILES string of the molecule is CC1=CC(C)(C)N(C(=S)NC(=O)c2cccc(Cl)c2)c2ccc(C)cc21. The van der Waals surface area contributed by atoms with Gasteiger partial charge in [-0.2, -0.15) is 0 Å². The normalized spacial score (nSPS) is 15.1. The number of hydrogen-bond acceptors (Lipinski definition) is 2. The number of aryl methyl sites for hydroxylation is 1. The average Bonchev–Trinajstić information content (AvgIpc) is 2.54. The summed E-state index contributed by atoms with van der Waals surface area (Å²) in [5.41, 5.74) is 4.63. The summed E-state index contributed by atoms with van der Waals surface area (Å²) in [5, 5.41) is 3.73. The lowest BCUT2D eigenvalue weighted by Gasteiger charge is -2.43. The lowest BCUT2D eigenvalue weighted by Crippen LogP contribution is -2.54. The molecule has 5 heteroatoms. The van der Waals surface area contributed by atoms with Gasteiger partial charge in [-0.05, 0) is 75.8 Å². The second-order valence-corrected chi connectivity index (χ2v) is 7.93. The Hall–Kier alpha value is -2.17. The Labute approximate surface area is 164 Å². The molecule has 3 rings (SSSR count). The van der Waals surface area contributed by atoms with E-state index in [1.165, 1.54) is 11.1 Å². The van der Waals surface area contributed by atoms with E-state index >= 15 is 0 Å². The second kappa shape index (κ2) is 6.86. The predicted octanol–water partition coefficient (Wildman–Crippen LogP) is 5.37. The van der Waals surface area contributed by atoms with Crippen LogP contribution in [0.25, 0.3) is 5.57 Å². The summed E-state index contributed by atoms with van der Waals surface area (Å²) in [5.74, 6) is -0.270. The molecule has 26 heavy (non-hydrogen) atoms. The average molecular weight is 385 g/mol. The summed E-state index contributed by atoms with van der Waals surface area (Å²) in [7, 11) is 0. The van der Waals surface area contributed by atoms with Gasteiger partial charge in [-0.3, -0.25) is 10.1 Å². The van der Waals surface area contributed by atoms with E-state index in [2.05, 4.69) is 57.3 Å². The Kier molecular flexibility index (Phi) is 4.91. The Bertz CT molecular complexity index is 933. The first-order valence-corrected chi connectivity index (χ1v) is 9.19. The fraction of sp³-hybridized carbons (Fsp3) is 0.238. The van der Waals surface area contributed by atoms with Gasteiger partial charge in [0.05, 0.1) is 11.2 Å². The molecule has 1 heterocycles. The summed E-state index contributed by atoms with van der Waals surface area (Å²) >= 11 is 11.6. The minimum atomic E-state index is -0.356. The van der Waals surface area contributed by atoms with E-state index in [1.807, 2.05) is 4.90 Å². The van der Waals surface area contributed by atoms with E-state index < -0.39 is 0 Å². The highest BCUT2D eigenvalue weighted by molar-refractivity contribution is 7.80. The summed E-state index contributed by atoms with van der Waals surface area (Å²) in [6, 6.07) is 13.1. The maximum atomic E-state index is 12.6. The summed E-state index contributed by atoms with van der Waals surface area (Å²) in [6.45, 7) is 8.33. The second-order valence-electron chi connectivity index (χ2n) is 7.11. The number of thiocarbonyl (C=S) groups is 1. The van der Waals surface area contributed by atoms with E-state index in [0.717, 1.165) is 11.3 Å². The predicted molar refractivity (Wildman–Crippen MR) is 113 cm³/mol. The van der Waals surface area contributed by atoms with Crippen LogP contribution in [0.5, 0.6) is 0 Å². The van der Waals surface area contributed by atoms with Crippen molar-refractivity contribution in [1.82, 2.24) is 5.32 Å². The molecule has 3 nitrogen and oxygen atoms in total. The summed E-state index contributed by atoms with van der Waals surface area (Å²) in [4.78, 5) is 14.6. The van der Waals surface area contributed by atoms with Crippen molar-refractivity contribution >= 4 is 46.1 Å². The van der Waals surface area contributed by atoms with Crippen LogP contribution in [0.3, 0.4) is 0 Å². The molecule has 1 aliphatic heterocycles. The van der Waals surface area contributed by atoms with Crippen LogP contribution >= 0.6 is 23.8 Å². The minimum absolute atomic E-state index is 0.270. The molecule has 0 aromatic heterocycles. The number of rotatable bonds is 1. The molecular formula is C21H21ClN2OS. The van der Waals surface area contributed by atoms with Crippen LogP contribution < -0.4 is 10.2 Å². The largest absolute Gasteiger partial charge is 0.309 e. The lowest BCUT2D eigenvalue weighted by molar-refractivity contribution is 0.0977. The van der Waals surface area contributed by atoms with Crippen molar-refractivity contribution in [3.63, 3.8) is 0 Å². The number of halogens is 1. The first-order chi connectivity index (χ1) is 12.2. The van der Waals surface area contributed by atoms with E-state index in [-0.39, 0.29) is 11.4 Å². The van der Waals surface area contributed by atoms with Crippen LogP contribution in [-0.4, -0.2) is 16.6 Å². The molecule has 0 bridgehead atoms. The highest BCUT2D eigenvalue weighted by atomic mass is 35.5. The number of amides is 1. The van der Waals surface area contributed by atoms with Crippen molar-refractivity contribution in [2.24, 2.45) is 0 Å². The number of carbonyl (C=O) groups is 1. The van der Waals surface area contributed by atoms with Gasteiger partial charge in [-0.1, -0.05) is 35.4 Å². The van der Waals surface area contributed by atoms with Crippen molar-refractivity contribution < 1.29 is 4.79 Å². The molecule has 134 valence electrons. The molecule has 0 fully saturated rings. The summed E-state index contributed by atoms with van der Waals surface area (Å²) < 4.78 is 0. The van der Waals surface area contributed by atoms with Crippen LogP contribution in [0.1, 0.15) is 42.3 Å². The molecule has 1 aliphatic rings. The molecule has 0 spiro atoms. The zero-order valence-electron chi connectivity index (χ0n) is 15.3. The topological polar surface area (TPSA) is 32.3 Å². The molecular weight excluding hydrogens is 364 g/mol. The zero-order valence-corrected chi connectivity index (χ0v) is 16.8. The van der Waals surface area contributed by atoms with Gasteiger partial charge in [0.2, 0.25) is 0 Å². The third-order valence-corrected chi connectivity index (χ3v) is 4.99. The van der Waals surface area contributed by atoms with Crippen molar-refractivity contribution in [2.75, 3.05) is 4.90 Å². The van der Waals surface area contributed by atoms with E-state index in [1.54, 1.807) is 24.3 Å². The lowest BCUT2D eigenvalue weighted by atomic mass is 9.88. The van der Waals surface area contributed by atoms with Gasteiger partial charge < -0.3 is 4.90 Å². The van der Waals surface area contributed by atoms with Gasteiger partial charge in [-0.25, -0.2) is 0 Å². The minimum Gasteiger partial charge on any atom is -0.309 e. The van der Waals surface area contributed by atoms with Crippen molar-refractivity contribution in [1.29, 1.82) is 0 Å². The van der Waals surface area contributed by atoms with Crippen LogP contribution in [0.15, 0.2) is 48.5 Å². The molecule has 2 aromatic carbocycles. The Morgan fingerprint density at radius 3 is 2.58 bits per heavy atom. The van der Waals surface area contributed by atoms with Gasteiger partial charge in [0.25, 0.3) is 5.91 Å². The highest BCUT2D eigenvalue weighted by Crippen LogP contribution is 2.39. The van der Waals surface area contributed by atoms with Gasteiger partial charge in [0, 0.05) is 16.1 Å². The van der Waals surface area contributed by atoms with Gasteiger partial charge in [0.1, 0.15) is 0 Å². The van der Waals surface area contributed by atoms with Crippen LogP contribution in [-0.2, 0) is 0 Å². The maximum Gasteiger partial charge on any atom is 0.257 e. The molecule has 2 aromatic rings. The number of carbonyl (C=O) groups excluding carboxylic acids is 1. The monoisotopic (exact) mass is 384 g/mol. The van der Waals surface area contributed by atoms with Gasteiger partial charge in [-0.15, -0.1) is 0 Å². The molecule has 0 radical (unpaired) electrons. The van der Waals surface area contributed by atoms with Gasteiger partial charge in [0.15, 0.2) is 5.11 Å². The number of allylic oxidation sites excluding steroid dienone is 1. The van der Waals surface area contributed by atoms with Crippen molar-refractivity contribution in [3.8, 4) is 0 Å². The van der Waals surface area contributed by atoms with Crippen LogP contribution in [0.2, 0.25) is 5.02 Å². The molecule has 0 atom stereocenters. The van der Waals surface area contributed by atoms with Crippen molar-refractivity contribution in [2.45, 2.75) is 33.2 Å². The zero-order chi connectivity index (χ0) is 19.1. The highest BCUT2D eigenvalue weighted by Gasteiger charge is 2.34. The molecule has 0 saturated carbocycles.